The van der Waals surface area contributed by atoms with E-state index in [9.17, 15) is 0 Å². The third kappa shape index (κ3) is 11.9. The van der Waals surface area contributed by atoms with Crippen LogP contribution in [0.4, 0.5) is 0 Å². The van der Waals surface area contributed by atoms with Gasteiger partial charge in [-0.3, -0.25) is 0 Å². The molecule has 92 valence electrons. The zero-order valence-electron chi connectivity index (χ0n) is 11.1. The summed E-state index contributed by atoms with van der Waals surface area (Å²) in [7, 11) is 0. The Hall–Kier alpha value is -0.0400. The van der Waals surface area contributed by atoms with E-state index in [2.05, 4.69) is 20.8 Å². The molecule has 0 amide bonds. The van der Waals surface area contributed by atoms with Crippen LogP contribution < -0.4 is 5.73 Å². The second kappa shape index (κ2) is 10.5. The molecule has 1 atom stereocenters. The van der Waals surface area contributed by atoms with Gasteiger partial charge in [-0.15, -0.1) is 0 Å². The molecule has 0 spiro atoms. The Labute approximate surface area is 96.8 Å². The van der Waals surface area contributed by atoms with E-state index in [0.717, 1.165) is 5.92 Å². The summed E-state index contributed by atoms with van der Waals surface area (Å²) < 4.78 is 0. The Balaban J connectivity index is 3.13. The van der Waals surface area contributed by atoms with E-state index in [-0.39, 0.29) is 0 Å². The Morgan fingerprint density at radius 1 is 0.800 bits per heavy atom. The van der Waals surface area contributed by atoms with Crippen LogP contribution in [0.1, 0.15) is 78.6 Å². The van der Waals surface area contributed by atoms with Gasteiger partial charge < -0.3 is 5.73 Å². The van der Waals surface area contributed by atoms with Gasteiger partial charge in [0.05, 0.1) is 0 Å². The van der Waals surface area contributed by atoms with Crippen LogP contribution in [0, 0.1) is 5.92 Å². The summed E-state index contributed by atoms with van der Waals surface area (Å²) in [4.78, 5) is 0. The number of nitrogens with two attached hydrogens (primary N) is 1. The first-order valence-electron chi connectivity index (χ1n) is 6.92. The highest BCUT2D eigenvalue weighted by molar-refractivity contribution is 4.62. The minimum absolute atomic E-state index is 0.457. The summed E-state index contributed by atoms with van der Waals surface area (Å²) in [6.45, 7) is 6.82. The van der Waals surface area contributed by atoms with Crippen LogP contribution in [-0.2, 0) is 0 Å². The van der Waals surface area contributed by atoms with Crippen LogP contribution in [0.3, 0.4) is 0 Å². The molecule has 0 aromatic heterocycles. The lowest BCUT2D eigenvalue weighted by Crippen LogP contribution is -2.20. The van der Waals surface area contributed by atoms with Crippen LogP contribution in [0.2, 0.25) is 0 Å². The molecule has 0 aliphatic heterocycles. The SMILES string of the molecule is CCCCCCCCC(N)CCC(C)C. The van der Waals surface area contributed by atoms with E-state index >= 15 is 0 Å². The topological polar surface area (TPSA) is 26.0 Å². The maximum absolute atomic E-state index is 6.06. The van der Waals surface area contributed by atoms with Crippen molar-refractivity contribution in [1.29, 1.82) is 0 Å². The highest BCUT2D eigenvalue weighted by atomic mass is 14.6. The van der Waals surface area contributed by atoms with E-state index < -0.39 is 0 Å². The van der Waals surface area contributed by atoms with Crippen LogP contribution >= 0.6 is 0 Å². The van der Waals surface area contributed by atoms with Crippen molar-refractivity contribution in [2.45, 2.75) is 84.6 Å². The lowest BCUT2D eigenvalue weighted by molar-refractivity contribution is 0.459. The molecule has 15 heavy (non-hydrogen) atoms. The molecular formula is C14H31N. The third-order valence-electron chi connectivity index (χ3n) is 3.04. The molecule has 2 N–H and O–H groups in total. The highest BCUT2D eigenvalue weighted by Crippen LogP contribution is 2.12. The molecule has 0 heterocycles. The molecule has 0 aromatic rings. The number of hydrogen-bond donors (Lipinski definition) is 1. The van der Waals surface area contributed by atoms with Gasteiger partial charge in [-0.05, 0) is 25.2 Å². The van der Waals surface area contributed by atoms with Gasteiger partial charge in [0.1, 0.15) is 0 Å². The third-order valence-corrected chi connectivity index (χ3v) is 3.04. The fraction of sp³-hybridized carbons (Fsp3) is 1.00. The first kappa shape index (κ1) is 15.0. The minimum atomic E-state index is 0.457. The second-order valence-corrected chi connectivity index (χ2v) is 5.29. The summed E-state index contributed by atoms with van der Waals surface area (Å²) in [5, 5.41) is 0. The first-order chi connectivity index (χ1) is 7.16. The van der Waals surface area contributed by atoms with Gasteiger partial charge >= 0.3 is 0 Å². The molecule has 1 heteroatoms. The molecule has 0 aliphatic carbocycles. The summed E-state index contributed by atoms with van der Waals surface area (Å²) >= 11 is 0. The van der Waals surface area contributed by atoms with E-state index in [1.807, 2.05) is 0 Å². The standard InChI is InChI=1S/C14H31N/c1-4-5-6-7-8-9-10-14(15)12-11-13(2)3/h13-14H,4-12,15H2,1-3H3. The molecule has 0 saturated carbocycles. The molecule has 0 saturated heterocycles. The van der Waals surface area contributed by atoms with Crippen molar-refractivity contribution in [2.24, 2.45) is 11.7 Å². The van der Waals surface area contributed by atoms with Gasteiger partial charge in [-0.25, -0.2) is 0 Å². The Bertz CT molecular complexity index is 121. The molecule has 0 fully saturated rings. The monoisotopic (exact) mass is 213 g/mol. The van der Waals surface area contributed by atoms with Crippen molar-refractivity contribution >= 4 is 0 Å². The van der Waals surface area contributed by atoms with Crippen LogP contribution in [0.5, 0.6) is 0 Å². The largest absolute Gasteiger partial charge is 0.328 e. The van der Waals surface area contributed by atoms with E-state index in [1.54, 1.807) is 0 Å². The predicted octanol–water partition coefficient (Wildman–Crippen LogP) is 4.50. The molecule has 0 aromatic carbocycles. The van der Waals surface area contributed by atoms with E-state index in [1.165, 1.54) is 57.8 Å². The quantitative estimate of drug-likeness (QED) is 0.531. The normalized spacial score (nSPS) is 13.4. The Morgan fingerprint density at radius 2 is 1.40 bits per heavy atom. The maximum Gasteiger partial charge on any atom is 0.00389 e. The molecule has 1 nitrogen and oxygen atoms in total. The van der Waals surface area contributed by atoms with Crippen molar-refractivity contribution in [3.05, 3.63) is 0 Å². The van der Waals surface area contributed by atoms with Crippen molar-refractivity contribution < 1.29 is 0 Å². The lowest BCUT2D eigenvalue weighted by Gasteiger charge is -2.12. The average Bonchev–Trinajstić information content (AvgIpc) is 2.20. The summed E-state index contributed by atoms with van der Waals surface area (Å²) in [5.41, 5.74) is 6.06. The zero-order chi connectivity index (χ0) is 11.5. The van der Waals surface area contributed by atoms with E-state index in [0.29, 0.717) is 6.04 Å². The van der Waals surface area contributed by atoms with Crippen LogP contribution in [-0.4, -0.2) is 6.04 Å². The summed E-state index contributed by atoms with van der Waals surface area (Å²) in [6.07, 6.45) is 12.0. The van der Waals surface area contributed by atoms with Gasteiger partial charge in [-0.1, -0.05) is 59.3 Å². The molecule has 0 bridgehead atoms. The molecule has 0 rings (SSSR count). The van der Waals surface area contributed by atoms with Gasteiger partial charge in [0.25, 0.3) is 0 Å². The number of hydrogen-bond acceptors (Lipinski definition) is 1. The summed E-state index contributed by atoms with van der Waals surface area (Å²) in [5.74, 6) is 0.806. The Kier molecular flexibility index (Phi) is 10.4. The number of unbranched alkanes of at least 4 members (excludes halogenated alkanes) is 5. The molecular weight excluding hydrogens is 182 g/mol. The van der Waals surface area contributed by atoms with Crippen molar-refractivity contribution in [2.75, 3.05) is 0 Å². The van der Waals surface area contributed by atoms with Gasteiger partial charge in [-0.2, -0.15) is 0 Å². The van der Waals surface area contributed by atoms with Crippen molar-refractivity contribution in [1.82, 2.24) is 0 Å². The maximum atomic E-state index is 6.06. The van der Waals surface area contributed by atoms with Crippen LogP contribution in [0.15, 0.2) is 0 Å². The zero-order valence-corrected chi connectivity index (χ0v) is 11.1. The second-order valence-electron chi connectivity index (χ2n) is 5.29. The summed E-state index contributed by atoms with van der Waals surface area (Å²) in [6, 6.07) is 0.457. The van der Waals surface area contributed by atoms with Gasteiger partial charge in [0, 0.05) is 6.04 Å². The van der Waals surface area contributed by atoms with Gasteiger partial charge in [0.15, 0.2) is 0 Å². The van der Waals surface area contributed by atoms with E-state index in [4.69, 9.17) is 5.73 Å². The minimum Gasteiger partial charge on any atom is -0.328 e. The average molecular weight is 213 g/mol. The smallest absolute Gasteiger partial charge is 0.00389 e. The fourth-order valence-corrected chi connectivity index (χ4v) is 1.88. The van der Waals surface area contributed by atoms with Crippen molar-refractivity contribution in [3.63, 3.8) is 0 Å². The van der Waals surface area contributed by atoms with Gasteiger partial charge in [0.2, 0.25) is 0 Å². The predicted molar refractivity (Wildman–Crippen MR) is 70.0 cm³/mol. The first-order valence-corrected chi connectivity index (χ1v) is 6.92. The molecule has 1 unspecified atom stereocenters. The Morgan fingerprint density at radius 3 is 2.00 bits per heavy atom. The lowest BCUT2D eigenvalue weighted by atomic mass is 9.99. The van der Waals surface area contributed by atoms with Crippen molar-refractivity contribution in [3.8, 4) is 0 Å². The number of rotatable bonds is 10. The molecule has 0 aliphatic rings. The highest BCUT2D eigenvalue weighted by Gasteiger charge is 2.03. The van der Waals surface area contributed by atoms with Crippen LogP contribution in [0.25, 0.3) is 0 Å². The molecule has 0 radical (unpaired) electrons. The fourth-order valence-electron chi connectivity index (χ4n) is 1.88.